The third-order valence-corrected chi connectivity index (χ3v) is 4.20. The van der Waals surface area contributed by atoms with Crippen LogP contribution in [0.3, 0.4) is 0 Å². The number of carboxylic acid groups (broad SMARTS) is 1. The Hall–Kier alpha value is -1.35. The van der Waals surface area contributed by atoms with Gasteiger partial charge in [0.2, 0.25) is 0 Å². The minimum atomic E-state index is -0.866. The van der Waals surface area contributed by atoms with Crippen LogP contribution in [0.5, 0.6) is 0 Å². The van der Waals surface area contributed by atoms with E-state index in [0.717, 1.165) is 23.9 Å². The second-order valence-corrected chi connectivity index (χ2v) is 5.88. The van der Waals surface area contributed by atoms with Crippen LogP contribution in [-0.4, -0.2) is 17.1 Å². The zero-order valence-corrected chi connectivity index (χ0v) is 11.7. The van der Waals surface area contributed by atoms with Gasteiger partial charge in [0, 0.05) is 12.6 Å². The molecule has 3 heteroatoms. The van der Waals surface area contributed by atoms with Crippen molar-refractivity contribution in [2.45, 2.75) is 45.7 Å². The highest BCUT2D eigenvalue weighted by Crippen LogP contribution is 2.28. The van der Waals surface area contributed by atoms with Crippen molar-refractivity contribution < 1.29 is 9.90 Å². The van der Waals surface area contributed by atoms with E-state index < -0.39 is 5.97 Å². The van der Waals surface area contributed by atoms with Crippen LogP contribution < -0.4 is 5.32 Å². The van der Waals surface area contributed by atoms with Crippen molar-refractivity contribution in [2.24, 2.45) is 11.8 Å². The third kappa shape index (κ3) is 3.80. The van der Waals surface area contributed by atoms with Gasteiger partial charge in [-0.3, -0.25) is 0 Å². The van der Waals surface area contributed by atoms with Crippen LogP contribution in [0, 0.1) is 11.8 Å². The van der Waals surface area contributed by atoms with Crippen molar-refractivity contribution >= 4 is 5.97 Å². The van der Waals surface area contributed by atoms with Crippen molar-refractivity contribution in [3.63, 3.8) is 0 Å². The summed E-state index contributed by atoms with van der Waals surface area (Å²) in [6.45, 7) is 5.47. The van der Waals surface area contributed by atoms with Crippen LogP contribution in [-0.2, 0) is 6.54 Å². The van der Waals surface area contributed by atoms with Gasteiger partial charge >= 0.3 is 5.97 Å². The molecule has 0 aliphatic heterocycles. The van der Waals surface area contributed by atoms with E-state index in [1.807, 2.05) is 12.1 Å². The highest BCUT2D eigenvalue weighted by atomic mass is 16.4. The van der Waals surface area contributed by atoms with Crippen molar-refractivity contribution in [3.05, 3.63) is 35.4 Å². The second-order valence-electron chi connectivity index (χ2n) is 5.88. The first-order valence-corrected chi connectivity index (χ1v) is 7.12. The van der Waals surface area contributed by atoms with Crippen LogP contribution in [0.4, 0.5) is 0 Å². The Morgan fingerprint density at radius 3 is 2.53 bits per heavy atom. The summed E-state index contributed by atoms with van der Waals surface area (Å²) >= 11 is 0. The molecule has 3 nitrogen and oxygen atoms in total. The largest absolute Gasteiger partial charge is 0.478 e. The maximum Gasteiger partial charge on any atom is 0.335 e. The Morgan fingerprint density at radius 2 is 1.95 bits per heavy atom. The van der Waals surface area contributed by atoms with Crippen LogP contribution >= 0.6 is 0 Å². The molecule has 1 saturated carbocycles. The van der Waals surface area contributed by atoms with E-state index >= 15 is 0 Å². The van der Waals surface area contributed by atoms with Crippen LogP contribution in [0.1, 0.15) is 49.0 Å². The van der Waals surface area contributed by atoms with Gasteiger partial charge in [0.05, 0.1) is 5.56 Å². The number of nitrogens with one attached hydrogen (secondary N) is 1. The molecule has 0 saturated heterocycles. The van der Waals surface area contributed by atoms with Gasteiger partial charge in [0.1, 0.15) is 0 Å². The predicted octanol–water partition coefficient (Wildman–Crippen LogP) is 3.30. The number of aromatic carboxylic acids is 1. The molecule has 0 spiro atoms. The fraction of sp³-hybridized carbons (Fsp3) is 0.562. The molecule has 1 fully saturated rings. The minimum absolute atomic E-state index is 0.351. The molecule has 19 heavy (non-hydrogen) atoms. The van der Waals surface area contributed by atoms with Crippen molar-refractivity contribution in [3.8, 4) is 0 Å². The van der Waals surface area contributed by atoms with Crippen molar-refractivity contribution in [2.75, 3.05) is 0 Å². The number of hydrogen-bond acceptors (Lipinski definition) is 2. The second kappa shape index (κ2) is 6.20. The van der Waals surface area contributed by atoms with Crippen molar-refractivity contribution in [1.29, 1.82) is 0 Å². The SMILES string of the molecule is CC1CCC(NCc2ccc(C(=O)O)cc2)C(C)C1. The zero-order chi connectivity index (χ0) is 13.8. The monoisotopic (exact) mass is 261 g/mol. The number of rotatable bonds is 4. The Labute approximate surface area is 115 Å². The fourth-order valence-corrected chi connectivity index (χ4v) is 2.98. The van der Waals surface area contributed by atoms with Gasteiger partial charge in [-0.1, -0.05) is 26.0 Å². The highest BCUT2D eigenvalue weighted by Gasteiger charge is 2.24. The predicted molar refractivity (Wildman–Crippen MR) is 76.2 cm³/mol. The third-order valence-electron chi connectivity index (χ3n) is 4.20. The molecule has 0 radical (unpaired) electrons. The lowest BCUT2D eigenvalue weighted by Gasteiger charge is -2.33. The number of carbonyl (C=O) groups is 1. The Morgan fingerprint density at radius 1 is 1.26 bits per heavy atom. The lowest BCUT2D eigenvalue weighted by molar-refractivity contribution is 0.0697. The first-order chi connectivity index (χ1) is 9.06. The maximum atomic E-state index is 10.8. The summed E-state index contributed by atoms with van der Waals surface area (Å²) in [6.07, 6.45) is 3.85. The van der Waals surface area contributed by atoms with E-state index in [0.29, 0.717) is 11.6 Å². The molecule has 2 N–H and O–H groups in total. The van der Waals surface area contributed by atoms with E-state index in [9.17, 15) is 4.79 Å². The van der Waals surface area contributed by atoms with Gasteiger partial charge in [0.25, 0.3) is 0 Å². The maximum absolute atomic E-state index is 10.8. The summed E-state index contributed by atoms with van der Waals surface area (Å²) in [7, 11) is 0. The van der Waals surface area contributed by atoms with E-state index in [4.69, 9.17) is 5.11 Å². The quantitative estimate of drug-likeness (QED) is 0.874. The molecule has 0 aromatic heterocycles. The van der Waals surface area contributed by atoms with E-state index in [1.54, 1.807) is 12.1 Å². The van der Waals surface area contributed by atoms with Gasteiger partial charge in [0.15, 0.2) is 0 Å². The molecule has 1 aromatic carbocycles. The summed E-state index contributed by atoms with van der Waals surface area (Å²) in [5.41, 5.74) is 1.50. The molecule has 2 rings (SSSR count). The van der Waals surface area contributed by atoms with E-state index in [1.165, 1.54) is 19.3 Å². The molecule has 3 atom stereocenters. The van der Waals surface area contributed by atoms with Crippen molar-refractivity contribution in [1.82, 2.24) is 5.32 Å². The van der Waals surface area contributed by atoms with Gasteiger partial charge in [-0.05, 0) is 48.8 Å². The first-order valence-electron chi connectivity index (χ1n) is 7.12. The molecular weight excluding hydrogens is 238 g/mol. The van der Waals surface area contributed by atoms with Crippen LogP contribution in [0.25, 0.3) is 0 Å². The molecule has 104 valence electrons. The average molecular weight is 261 g/mol. The summed E-state index contributed by atoms with van der Waals surface area (Å²) in [4.78, 5) is 10.8. The lowest BCUT2D eigenvalue weighted by atomic mass is 9.80. The lowest BCUT2D eigenvalue weighted by Crippen LogP contribution is -2.38. The molecule has 0 amide bonds. The molecule has 0 bridgehead atoms. The van der Waals surface area contributed by atoms with E-state index in [-0.39, 0.29) is 0 Å². The Bertz CT molecular complexity index is 427. The van der Waals surface area contributed by atoms with Crippen LogP contribution in [0.2, 0.25) is 0 Å². The zero-order valence-electron chi connectivity index (χ0n) is 11.7. The highest BCUT2D eigenvalue weighted by molar-refractivity contribution is 5.87. The summed E-state index contributed by atoms with van der Waals surface area (Å²) in [5, 5.41) is 12.5. The summed E-state index contributed by atoms with van der Waals surface area (Å²) < 4.78 is 0. The standard InChI is InChI=1S/C16H23NO2/c1-11-3-8-15(12(2)9-11)17-10-13-4-6-14(7-5-13)16(18)19/h4-7,11-12,15,17H,3,8-10H2,1-2H3,(H,18,19). The smallest absolute Gasteiger partial charge is 0.335 e. The molecule has 1 aliphatic carbocycles. The average Bonchev–Trinajstić information content (AvgIpc) is 2.38. The van der Waals surface area contributed by atoms with Crippen LogP contribution in [0.15, 0.2) is 24.3 Å². The molecular formula is C16H23NO2. The molecule has 1 aliphatic rings. The summed E-state index contributed by atoms with van der Waals surface area (Å²) in [6, 6.07) is 7.73. The van der Waals surface area contributed by atoms with Gasteiger partial charge < -0.3 is 10.4 Å². The summed E-state index contributed by atoms with van der Waals surface area (Å²) in [5.74, 6) is 0.708. The molecule has 0 heterocycles. The Balaban J connectivity index is 1.86. The molecule has 1 aromatic rings. The number of carboxylic acids is 1. The van der Waals surface area contributed by atoms with E-state index in [2.05, 4.69) is 19.2 Å². The minimum Gasteiger partial charge on any atom is -0.478 e. The Kier molecular flexibility index (Phi) is 4.59. The normalized spacial score (nSPS) is 27.2. The number of benzene rings is 1. The van der Waals surface area contributed by atoms with Gasteiger partial charge in [-0.15, -0.1) is 0 Å². The number of hydrogen-bond donors (Lipinski definition) is 2. The first kappa shape index (κ1) is 14.1. The van der Waals surface area contributed by atoms with Gasteiger partial charge in [-0.2, -0.15) is 0 Å². The fourth-order valence-electron chi connectivity index (χ4n) is 2.98. The van der Waals surface area contributed by atoms with Gasteiger partial charge in [-0.25, -0.2) is 4.79 Å². The molecule has 3 unspecified atom stereocenters. The topological polar surface area (TPSA) is 49.3 Å².